The van der Waals surface area contributed by atoms with Gasteiger partial charge < -0.3 is 10.6 Å². The highest BCUT2D eigenvalue weighted by Gasteiger charge is 2.22. The maximum absolute atomic E-state index is 11.7. The van der Waals surface area contributed by atoms with Gasteiger partial charge in [0.1, 0.15) is 11.0 Å². The van der Waals surface area contributed by atoms with Gasteiger partial charge in [0.15, 0.2) is 0 Å². The summed E-state index contributed by atoms with van der Waals surface area (Å²) in [5, 5.41) is 5.95. The van der Waals surface area contributed by atoms with Gasteiger partial charge in [0.25, 0.3) is 0 Å². The largest absolute Gasteiger partial charge is 0.309 e. The first kappa shape index (κ1) is 11.6. The fourth-order valence-corrected chi connectivity index (χ4v) is 1.98. The molecule has 1 saturated heterocycles. The maximum atomic E-state index is 11.7. The van der Waals surface area contributed by atoms with E-state index >= 15 is 0 Å². The number of anilines is 1. The Morgan fingerprint density at radius 2 is 2.31 bits per heavy atom. The summed E-state index contributed by atoms with van der Waals surface area (Å²) in [6.45, 7) is 0.864. The Kier molecular flexibility index (Phi) is 3.58. The van der Waals surface area contributed by atoms with E-state index in [0.717, 1.165) is 19.4 Å². The maximum Gasteiger partial charge on any atom is 0.242 e. The summed E-state index contributed by atoms with van der Waals surface area (Å²) >= 11 is 11.3. The van der Waals surface area contributed by atoms with Crippen molar-refractivity contribution >= 4 is 34.9 Å². The van der Waals surface area contributed by atoms with E-state index in [1.54, 1.807) is 0 Å². The van der Waals surface area contributed by atoms with Crippen LogP contribution in [-0.4, -0.2) is 28.5 Å². The third-order valence-electron chi connectivity index (χ3n) is 2.30. The van der Waals surface area contributed by atoms with Crippen LogP contribution in [-0.2, 0) is 4.79 Å². The van der Waals surface area contributed by atoms with E-state index in [2.05, 4.69) is 20.6 Å². The number of rotatable bonds is 2. The second-order valence-electron chi connectivity index (χ2n) is 3.48. The normalized spacial score (nSPS) is 19.8. The SMILES string of the molecule is O=C(Nc1cc(Cl)nc(Cl)n1)[C@H]1CCCN1. The van der Waals surface area contributed by atoms with Crippen molar-refractivity contribution in [1.82, 2.24) is 15.3 Å². The number of amides is 1. The molecule has 1 atom stereocenters. The van der Waals surface area contributed by atoms with E-state index in [0.29, 0.717) is 5.82 Å². The minimum Gasteiger partial charge on any atom is -0.309 e. The van der Waals surface area contributed by atoms with Gasteiger partial charge >= 0.3 is 0 Å². The van der Waals surface area contributed by atoms with Gasteiger partial charge in [0.05, 0.1) is 6.04 Å². The van der Waals surface area contributed by atoms with Crippen LogP contribution in [0.1, 0.15) is 12.8 Å². The average Bonchev–Trinajstić information content (AvgIpc) is 2.68. The van der Waals surface area contributed by atoms with Gasteiger partial charge in [-0.2, -0.15) is 0 Å². The van der Waals surface area contributed by atoms with Crippen LogP contribution < -0.4 is 10.6 Å². The van der Waals surface area contributed by atoms with Crippen LogP contribution >= 0.6 is 23.2 Å². The molecule has 7 heteroatoms. The lowest BCUT2D eigenvalue weighted by Crippen LogP contribution is -2.35. The average molecular weight is 261 g/mol. The fourth-order valence-electron chi connectivity index (χ4n) is 1.58. The Morgan fingerprint density at radius 3 is 2.94 bits per heavy atom. The molecule has 1 aromatic rings. The molecule has 0 saturated carbocycles. The minimum absolute atomic E-state index is 0.0159. The number of halogens is 2. The third-order valence-corrected chi connectivity index (χ3v) is 2.66. The second-order valence-corrected chi connectivity index (χ2v) is 4.21. The molecule has 0 unspecified atom stereocenters. The van der Waals surface area contributed by atoms with Crippen LogP contribution in [0.15, 0.2) is 6.07 Å². The highest BCUT2D eigenvalue weighted by Crippen LogP contribution is 2.15. The van der Waals surface area contributed by atoms with E-state index in [1.165, 1.54) is 6.07 Å². The molecular weight excluding hydrogens is 251 g/mol. The lowest BCUT2D eigenvalue weighted by molar-refractivity contribution is -0.117. The number of carbonyl (C=O) groups is 1. The lowest BCUT2D eigenvalue weighted by Gasteiger charge is -2.10. The molecule has 16 heavy (non-hydrogen) atoms. The third kappa shape index (κ3) is 2.81. The number of nitrogens with zero attached hydrogens (tertiary/aromatic N) is 2. The van der Waals surface area contributed by atoms with E-state index in [-0.39, 0.29) is 22.4 Å². The second kappa shape index (κ2) is 4.95. The van der Waals surface area contributed by atoms with Gasteiger partial charge in [-0.1, -0.05) is 11.6 Å². The summed E-state index contributed by atoms with van der Waals surface area (Å²) in [6, 6.07) is 1.30. The van der Waals surface area contributed by atoms with E-state index in [4.69, 9.17) is 23.2 Å². The molecule has 1 aliphatic rings. The van der Waals surface area contributed by atoms with Crippen LogP contribution in [0.3, 0.4) is 0 Å². The predicted molar refractivity (Wildman–Crippen MR) is 61.7 cm³/mol. The summed E-state index contributed by atoms with van der Waals surface area (Å²) in [7, 11) is 0. The number of hydrogen-bond acceptors (Lipinski definition) is 4. The van der Waals surface area contributed by atoms with Crippen molar-refractivity contribution in [3.8, 4) is 0 Å². The van der Waals surface area contributed by atoms with Gasteiger partial charge in [0, 0.05) is 6.07 Å². The summed E-state index contributed by atoms with van der Waals surface area (Å²) in [5.74, 6) is 0.201. The summed E-state index contributed by atoms with van der Waals surface area (Å²) < 4.78 is 0. The first-order valence-electron chi connectivity index (χ1n) is 4.89. The Hall–Kier alpha value is -0.910. The zero-order chi connectivity index (χ0) is 11.5. The monoisotopic (exact) mass is 260 g/mol. The molecule has 0 aromatic carbocycles. The zero-order valence-corrected chi connectivity index (χ0v) is 9.85. The first-order valence-corrected chi connectivity index (χ1v) is 5.65. The van der Waals surface area contributed by atoms with Crippen molar-refractivity contribution in [3.05, 3.63) is 16.5 Å². The Morgan fingerprint density at radius 1 is 1.50 bits per heavy atom. The topological polar surface area (TPSA) is 66.9 Å². The molecule has 2 N–H and O–H groups in total. The van der Waals surface area contributed by atoms with Crippen LogP contribution in [0.4, 0.5) is 5.82 Å². The summed E-state index contributed by atoms with van der Waals surface area (Å²) in [4.78, 5) is 19.3. The van der Waals surface area contributed by atoms with Crippen LogP contribution in [0.2, 0.25) is 10.4 Å². The van der Waals surface area contributed by atoms with Gasteiger partial charge in [0.2, 0.25) is 11.2 Å². The molecule has 1 aliphatic heterocycles. The quantitative estimate of drug-likeness (QED) is 0.625. The molecule has 0 aliphatic carbocycles. The van der Waals surface area contributed by atoms with E-state index < -0.39 is 0 Å². The van der Waals surface area contributed by atoms with Crippen molar-refractivity contribution in [2.75, 3.05) is 11.9 Å². The Balaban J connectivity index is 2.05. The zero-order valence-electron chi connectivity index (χ0n) is 8.33. The van der Waals surface area contributed by atoms with Crippen LogP contribution in [0.5, 0.6) is 0 Å². The smallest absolute Gasteiger partial charge is 0.242 e. The van der Waals surface area contributed by atoms with Crippen molar-refractivity contribution in [2.24, 2.45) is 0 Å². The van der Waals surface area contributed by atoms with Crippen molar-refractivity contribution < 1.29 is 4.79 Å². The van der Waals surface area contributed by atoms with Crippen LogP contribution in [0.25, 0.3) is 0 Å². The van der Waals surface area contributed by atoms with E-state index in [1.807, 2.05) is 0 Å². The highest BCUT2D eigenvalue weighted by atomic mass is 35.5. The standard InChI is InChI=1S/C9H10Cl2N4O/c10-6-4-7(15-9(11)13-6)14-8(16)5-2-1-3-12-5/h4-5,12H,1-3H2,(H,13,14,15,16)/t5-/m1/s1. The predicted octanol–water partition coefficient (Wildman–Crippen LogP) is 1.47. The molecule has 86 valence electrons. The molecule has 5 nitrogen and oxygen atoms in total. The highest BCUT2D eigenvalue weighted by molar-refractivity contribution is 6.32. The molecule has 1 fully saturated rings. The number of carbonyl (C=O) groups excluding carboxylic acids is 1. The van der Waals surface area contributed by atoms with Crippen molar-refractivity contribution in [1.29, 1.82) is 0 Å². The molecule has 0 spiro atoms. The van der Waals surface area contributed by atoms with Crippen molar-refractivity contribution in [2.45, 2.75) is 18.9 Å². The summed E-state index contributed by atoms with van der Waals surface area (Å²) in [5.41, 5.74) is 0. The molecule has 1 aromatic heterocycles. The van der Waals surface area contributed by atoms with Gasteiger partial charge in [-0.15, -0.1) is 0 Å². The fraction of sp³-hybridized carbons (Fsp3) is 0.444. The van der Waals surface area contributed by atoms with E-state index in [9.17, 15) is 4.79 Å². The molecular formula is C9H10Cl2N4O. The summed E-state index contributed by atoms with van der Waals surface area (Å²) in [6.07, 6.45) is 1.84. The number of hydrogen-bond donors (Lipinski definition) is 2. The molecule has 1 amide bonds. The van der Waals surface area contributed by atoms with Gasteiger partial charge in [-0.25, -0.2) is 9.97 Å². The Bertz CT molecular complexity index is 386. The van der Waals surface area contributed by atoms with Crippen molar-refractivity contribution in [3.63, 3.8) is 0 Å². The minimum atomic E-state index is -0.160. The molecule has 2 heterocycles. The Labute approximate surface area is 103 Å². The number of aromatic nitrogens is 2. The molecule has 0 radical (unpaired) electrons. The van der Waals surface area contributed by atoms with Gasteiger partial charge in [-0.3, -0.25) is 4.79 Å². The number of nitrogens with one attached hydrogen (secondary N) is 2. The van der Waals surface area contributed by atoms with Gasteiger partial charge in [-0.05, 0) is 31.0 Å². The molecule has 2 rings (SSSR count). The molecule has 0 bridgehead atoms. The van der Waals surface area contributed by atoms with Crippen LogP contribution in [0, 0.1) is 0 Å². The lowest BCUT2D eigenvalue weighted by atomic mass is 10.2. The first-order chi connectivity index (χ1) is 7.65.